The number of hydrogen-bond donors (Lipinski definition) is 2. The SMILES string of the molecule is C=C(NC(C)=O)C(=O)c1cc(-c2ccc3c(c2)N(CC)/C(=C/C2Sc4ccc(Cl)cc4N2CC)S3)ccc1NC. The summed E-state index contributed by atoms with van der Waals surface area (Å²) >= 11 is 9.94. The zero-order valence-corrected chi connectivity index (χ0v) is 25.3. The molecule has 0 spiro atoms. The van der Waals surface area contributed by atoms with E-state index in [9.17, 15) is 9.59 Å². The number of fused-ring (bicyclic) bond motifs is 2. The summed E-state index contributed by atoms with van der Waals surface area (Å²) in [5, 5.41) is 7.73. The molecule has 9 heteroatoms. The summed E-state index contributed by atoms with van der Waals surface area (Å²) in [5.41, 5.74) is 5.44. The van der Waals surface area contributed by atoms with Crippen LogP contribution in [-0.4, -0.2) is 37.2 Å². The molecular weight excluding hydrogens is 560 g/mol. The number of nitrogens with zero attached hydrogens (tertiary/aromatic N) is 2. The van der Waals surface area contributed by atoms with E-state index in [-0.39, 0.29) is 22.8 Å². The first kappa shape index (κ1) is 28.2. The van der Waals surface area contributed by atoms with Gasteiger partial charge in [0, 0.05) is 53.1 Å². The van der Waals surface area contributed by atoms with E-state index in [1.54, 1.807) is 18.8 Å². The number of rotatable bonds is 8. The fourth-order valence-electron chi connectivity index (χ4n) is 5.03. The number of halogens is 1. The Morgan fingerprint density at radius 3 is 2.42 bits per heavy atom. The van der Waals surface area contributed by atoms with E-state index in [0.717, 1.165) is 34.9 Å². The van der Waals surface area contributed by atoms with E-state index in [1.807, 2.05) is 36.0 Å². The molecule has 2 aliphatic heterocycles. The molecule has 1 amide bonds. The molecule has 0 fully saturated rings. The number of carbonyl (C=O) groups is 2. The number of amides is 1. The fourth-order valence-corrected chi connectivity index (χ4v) is 7.75. The van der Waals surface area contributed by atoms with Crippen molar-refractivity contribution in [2.45, 2.75) is 35.9 Å². The van der Waals surface area contributed by atoms with Crippen LogP contribution in [0.1, 0.15) is 31.1 Å². The molecule has 0 saturated carbocycles. The van der Waals surface area contributed by atoms with Gasteiger partial charge in [-0.3, -0.25) is 9.59 Å². The third-order valence-electron chi connectivity index (χ3n) is 6.93. The topological polar surface area (TPSA) is 64.7 Å². The minimum Gasteiger partial charge on any atom is -0.388 e. The normalized spacial score (nSPS) is 16.6. The molecule has 3 aromatic rings. The molecule has 2 N–H and O–H groups in total. The van der Waals surface area contributed by atoms with E-state index in [0.29, 0.717) is 11.3 Å². The van der Waals surface area contributed by atoms with E-state index >= 15 is 0 Å². The van der Waals surface area contributed by atoms with Gasteiger partial charge in [0.15, 0.2) is 0 Å². The Bertz CT molecular complexity index is 1550. The Morgan fingerprint density at radius 2 is 1.73 bits per heavy atom. The summed E-state index contributed by atoms with van der Waals surface area (Å²) in [6, 6.07) is 18.3. The molecule has 2 heterocycles. The van der Waals surface area contributed by atoms with Gasteiger partial charge in [-0.15, -0.1) is 0 Å². The zero-order chi connectivity index (χ0) is 28.6. The minimum atomic E-state index is -0.328. The van der Waals surface area contributed by atoms with E-state index < -0.39 is 0 Å². The van der Waals surface area contributed by atoms with Crippen LogP contribution in [0.3, 0.4) is 0 Å². The van der Waals surface area contributed by atoms with Crippen molar-refractivity contribution in [2.24, 2.45) is 0 Å². The fraction of sp³-hybridized carbons (Fsp3) is 0.226. The van der Waals surface area contributed by atoms with Crippen LogP contribution in [0.2, 0.25) is 5.02 Å². The first-order valence-corrected chi connectivity index (χ1v) is 15.2. The molecular formula is C31H31ClN4O2S2. The monoisotopic (exact) mass is 590 g/mol. The van der Waals surface area contributed by atoms with Crippen LogP contribution in [-0.2, 0) is 4.79 Å². The average molecular weight is 591 g/mol. The van der Waals surface area contributed by atoms with Crippen molar-refractivity contribution in [1.82, 2.24) is 5.32 Å². The summed E-state index contributed by atoms with van der Waals surface area (Å²) < 4.78 is 0. The van der Waals surface area contributed by atoms with Gasteiger partial charge in [-0.1, -0.05) is 53.8 Å². The second kappa shape index (κ2) is 11.6. The summed E-state index contributed by atoms with van der Waals surface area (Å²) in [7, 11) is 1.77. The van der Waals surface area contributed by atoms with Crippen LogP contribution in [0.4, 0.5) is 17.1 Å². The summed E-state index contributed by atoms with van der Waals surface area (Å²) in [5.74, 6) is -0.652. The first-order chi connectivity index (χ1) is 19.2. The van der Waals surface area contributed by atoms with E-state index in [1.165, 1.54) is 27.4 Å². The Labute approximate surface area is 248 Å². The maximum atomic E-state index is 13.1. The van der Waals surface area contributed by atoms with Crippen molar-refractivity contribution in [3.8, 4) is 11.1 Å². The Morgan fingerprint density at radius 1 is 1.00 bits per heavy atom. The Kier molecular flexibility index (Phi) is 8.21. The second-order valence-electron chi connectivity index (χ2n) is 9.44. The molecule has 0 saturated heterocycles. The predicted molar refractivity (Wildman–Crippen MR) is 170 cm³/mol. The lowest BCUT2D eigenvalue weighted by Gasteiger charge is -2.25. The highest BCUT2D eigenvalue weighted by Crippen LogP contribution is 2.50. The third-order valence-corrected chi connectivity index (χ3v) is 9.52. The van der Waals surface area contributed by atoms with E-state index in [4.69, 9.17) is 11.6 Å². The molecule has 0 bridgehead atoms. The van der Waals surface area contributed by atoms with Crippen molar-refractivity contribution in [2.75, 3.05) is 35.3 Å². The van der Waals surface area contributed by atoms with Crippen LogP contribution >= 0.6 is 35.1 Å². The number of carbonyl (C=O) groups excluding carboxylic acids is 2. The van der Waals surface area contributed by atoms with Gasteiger partial charge < -0.3 is 20.4 Å². The summed E-state index contributed by atoms with van der Waals surface area (Å²) in [4.78, 5) is 31.8. The van der Waals surface area contributed by atoms with Gasteiger partial charge in [-0.25, -0.2) is 0 Å². The molecule has 5 rings (SSSR count). The molecule has 40 heavy (non-hydrogen) atoms. The van der Waals surface area contributed by atoms with Gasteiger partial charge in [0.2, 0.25) is 11.7 Å². The maximum absolute atomic E-state index is 13.1. The molecule has 206 valence electrons. The van der Waals surface area contributed by atoms with Crippen LogP contribution in [0.15, 0.2) is 87.8 Å². The lowest BCUT2D eigenvalue weighted by atomic mass is 9.98. The van der Waals surface area contributed by atoms with Crippen LogP contribution in [0.5, 0.6) is 0 Å². The highest BCUT2D eigenvalue weighted by atomic mass is 35.5. The smallest absolute Gasteiger partial charge is 0.221 e. The predicted octanol–water partition coefficient (Wildman–Crippen LogP) is 7.61. The van der Waals surface area contributed by atoms with E-state index in [2.05, 4.69) is 77.3 Å². The van der Waals surface area contributed by atoms with Gasteiger partial charge in [0.1, 0.15) is 5.37 Å². The van der Waals surface area contributed by atoms with Crippen LogP contribution < -0.4 is 20.4 Å². The minimum absolute atomic E-state index is 0.0498. The zero-order valence-electron chi connectivity index (χ0n) is 22.9. The maximum Gasteiger partial charge on any atom is 0.221 e. The number of Topliss-reactive ketones (excluding diaryl/α,β-unsaturated/α-hetero) is 1. The number of benzene rings is 3. The molecule has 6 nitrogen and oxygen atoms in total. The Hall–Kier alpha value is -3.33. The number of hydrogen-bond acceptors (Lipinski definition) is 7. The van der Waals surface area contributed by atoms with Crippen LogP contribution in [0, 0.1) is 0 Å². The van der Waals surface area contributed by atoms with Crippen molar-refractivity contribution < 1.29 is 9.59 Å². The van der Waals surface area contributed by atoms with Crippen molar-refractivity contribution in [3.63, 3.8) is 0 Å². The Balaban J connectivity index is 1.45. The first-order valence-electron chi connectivity index (χ1n) is 13.1. The number of likely N-dealkylation sites (N-methyl/N-ethyl adjacent to an activating group) is 1. The molecule has 0 aliphatic carbocycles. The molecule has 0 radical (unpaired) electrons. The molecule has 1 unspecified atom stereocenters. The van der Waals surface area contributed by atoms with Crippen molar-refractivity contribution in [1.29, 1.82) is 0 Å². The lowest BCUT2D eigenvalue weighted by Crippen LogP contribution is -2.28. The highest BCUT2D eigenvalue weighted by Gasteiger charge is 2.31. The summed E-state index contributed by atoms with van der Waals surface area (Å²) in [6.07, 6.45) is 2.35. The molecule has 3 aromatic carbocycles. The van der Waals surface area contributed by atoms with Gasteiger partial charge in [-0.05, 0) is 73.5 Å². The van der Waals surface area contributed by atoms with Gasteiger partial charge >= 0.3 is 0 Å². The largest absolute Gasteiger partial charge is 0.388 e. The molecule has 1 atom stereocenters. The third kappa shape index (κ3) is 5.36. The highest BCUT2D eigenvalue weighted by molar-refractivity contribution is 8.04. The van der Waals surface area contributed by atoms with Crippen molar-refractivity contribution in [3.05, 3.63) is 88.6 Å². The van der Waals surface area contributed by atoms with Gasteiger partial charge in [0.05, 0.1) is 22.1 Å². The van der Waals surface area contributed by atoms with Gasteiger partial charge in [0.25, 0.3) is 0 Å². The summed E-state index contributed by atoms with van der Waals surface area (Å²) in [6.45, 7) is 11.2. The van der Waals surface area contributed by atoms with Crippen LogP contribution in [0.25, 0.3) is 11.1 Å². The quantitative estimate of drug-likeness (QED) is 0.207. The lowest BCUT2D eigenvalue weighted by molar-refractivity contribution is -0.118. The number of thioether (sulfide) groups is 2. The number of anilines is 3. The molecule has 0 aromatic heterocycles. The molecule has 2 aliphatic rings. The number of nitrogens with one attached hydrogen (secondary N) is 2. The standard InChI is InChI=1S/C31H31ClN4O2S2/c1-6-35-25-15-21(20-8-11-24(33-5)23(14-20)31(38)18(3)34-19(4)37)9-12-27(25)39-29(35)17-30-36(7-2)26-16-22(32)10-13-28(26)40-30/h8-17,30,33H,3,6-7H2,1-2,4-5H3,(H,34,37)/b29-17-. The number of allylic oxidation sites excluding steroid dienone is 1. The van der Waals surface area contributed by atoms with Gasteiger partial charge in [-0.2, -0.15) is 0 Å². The van der Waals surface area contributed by atoms with Crippen molar-refractivity contribution >= 4 is 63.9 Å². The number of ketones is 1. The second-order valence-corrected chi connectivity index (χ2v) is 12.1. The average Bonchev–Trinajstić information content (AvgIpc) is 3.47.